The number of nitrogens with zero attached hydrogens (tertiary/aromatic N) is 4. The molecule has 1 aliphatic heterocycles. The zero-order valence-corrected chi connectivity index (χ0v) is 13.2. The summed E-state index contributed by atoms with van der Waals surface area (Å²) in [4.78, 5) is 24.9. The van der Waals surface area contributed by atoms with Crippen molar-refractivity contribution in [3.63, 3.8) is 0 Å². The molecule has 1 amide bonds. The van der Waals surface area contributed by atoms with Gasteiger partial charge in [0, 0.05) is 32.1 Å². The molecule has 0 unspecified atom stereocenters. The fourth-order valence-corrected chi connectivity index (χ4v) is 2.62. The van der Waals surface area contributed by atoms with E-state index in [2.05, 4.69) is 16.9 Å². The van der Waals surface area contributed by atoms with Crippen LogP contribution in [0.2, 0.25) is 0 Å². The third-order valence-corrected chi connectivity index (χ3v) is 3.87. The molecule has 1 aliphatic rings. The van der Waals surface area contributed by atoms with Gasteiger partial charge in [-0.1, -0.05) is 6.92 Å². The first-order valence-corrected chi connectivity index (χ1v) is 7.64. The van der Waals surface area contributed by atoms with Gasteiger partial charge < -0.3 is 15.5 Å². The summed E-state index contributed by atoms with van der Waals surface area (Å²) in [7, 11) is 1.89. The molecule has 6 nitrogen and oxygen atoms in total. The van der Waals surface area contributed by atoms with E-state index in [9.17, 15) is 4.79 Å². The quantitative estimate of drug-likeness (QED) is 0.887. The lowest BCUT2D eigenvalue weighted by Gasteiger charge is -2.24. The highest BCUT2D eigenvalue weighted by atomic mass is 16.2. The number of anilines is 2. The maximum atomic E-state index is 12.2. The smallest absolute Gasteiger partial charge is 0.242 e. The highest BCUT2D eigenvalue weighted by Gasteiger charge is 2.21. The van der Waals surface area contributed by atoms with Crippen molar-refractivity contribution in [3.8, 4) is 0 Å². The minimum absolute atomic E-state index is 0.156. The average molecular weight is 291 g/mol. The number of likely N-dealkylation sites (N-methyl/N-ethyl adjacent to an activating group) is 1. The van der Waals surface area contributed by atoms with Gasteiger partial charge in [-0.25, -0.2) is 9.97 Å². The lowest BCUT2D eigenvalue weighted by atomic mass is 10.2. The van der Waals surface area contributed by atoms with Gasteiger partial charge in [0.05, 0.1) is 6.54 Å². The Labute approximate surface area is 126 Å². The SMILES string of the molecule is CCCc1nc(N)c(C)c(N(C)CC(=O)N2CCCC2)n1. The second-order valence-corrected chi connectivity index (χ2v) is 5.67. The van der Waals surface area contributed by atoms with Crippen molar-refractivity contribution >= 4 is 17.5 Å². The predicted octanol–water partition coefficient (Wildman–Crippen LogP) is 1.38. The van der Waals surface area contributed by atoms with Crippen molar-refractivity contribution in [2.75, 3.05) is 37.3 Å². The third-order valence-electron chi connectivity index (χ3n) is 3.87. The van der Waals surface area contributed by atoms with Crippen LogP contribution in [-0.2, 0) is 11.2 Å². The van der Waals surface area contributed by atoms with Crippen LogP contribution in [0.4, 0.5) is 11.6 Å². The van der Waals surface area contributed by atoms with E-state index in [-0.39, 0.29) is 5.91 Å². The van der Waals surface area contributed by atoms with E-state index in [4.69, 9.17) is 5.73 Å². The Morgan fingerprint density at radius 3 is 2.62 bits per heavy atom. The van der Waals surface area contributed by atoms with Gasteiger partial charge in [-0.3, -0.25) is 4.79 Å². The molecule has 0 saturated carbocycles. The van der Waals surface area contributed by atoms with E-state index in [1.165, 1.54) is 0 Å². The minimum atomic E-state index is 0.156. The molecule has 0 spiro atoms. The maximum Gasteiger partial charge on any atom is 0.242 e. The Morgan fingerprint density at radius 2 is 2.00 bits per heavy atom. The molecule has 0 radical (unpaired) electrons. The lowest BCUT2D eigenvalue weighted by molar-refractivity contribution is -0.128. The first-order chi connectivity index (χ1) is 10.0. The predicted molar refractivity (Wildman–Crippen MR) is 84.3 cm³/mol. The third kappa shape index (κ3) is 3.62. The summed E-state index contributed by atoms with van der Waals surface area (Å²) in [5.74, 6) is 2.17. The normalized spacial score (nSPS) is 14.5. The summed E-state index contributed by atoms with van der Waals surface area (Å²) < 4.78 is 0. The highest BCUT2D eigenvalue weighted by Crippen LogP contribution is 2.21. The van der Waals surface area contributed by atoms with Crippen molar-refractivity contribution in [1.82, 2.24) is 14.9 Å². The van der Waals surface area contributed by atoms with Crippen LogP contribution in [0.25, 0.3) is 0 Å². The second-order valence-electron chi connectivity index (χ2n) is 5.67. The van der Waals surface area contributed by atoms with Crippen LogP contribution in [0, 0.1) is 6.92 Å². The van der Waals surface area contributed by atoms with Gasteiger partial charge in [0.25, 0.3) is 0 Å². The molecule has 0 aliphatic carbocycles. The second kappa shape index (κ2) is 6.74. The molecule has 1 saturated heterocycles. The summed E-state index contributed by atoms with van der Waals surface area (Å²) in [5, 5.41) is 0. The number of aryl methyl sites for hydroxylation is 1. The van der Waals surface area contributed by atoms with Crippen LogP contribution in [0.3, 0.4) is 0 Å². The lowest BCUT2D eigenvalue weighted by Crippen LogP contribution is -2.38. The van der Waals surface area contributed by atoms with E-state index >= 15 is 0 Å². The topological polar surface area (TPSA) is 75.3 Å². The van der Waals surface area contributed by atoms with E-state index in [1.54, 1.807) is 0 Å². The molecule has 2 rings (SSSR count). The zero-order valence-electron chi connectivity index (χ0n) is 13.2. The number of hydrogen-bond donors (Lipinski definition) is 1. The van der Waals surface area contributed by atoms with Crippen molar-refractivity contribution in [2.45, 2.75) is 39.5 Å². The number of carbonyl (C=O) groups excluding carboxylic acids is 1. The molecule has 0 aromatic carbocycles. The fraction of sp³-hybridized carbons (Fsp3) is 0.667. The minimum Gasteiger partial charge on any atom is -0.383 e. The van der Waals surface area contributed by atoms with Gasteiger partial charge in [-0.05, 0) is 26.2 Å². The molecule has 21 heavy (non-hydrogen) atoms. The summed E-state index contributed by atoms with van der Waals surface area (Å²) >= 11 is 0. The largest absolute Gasteiger partial charge is 0.383 e. The number of rotatable bonds is 5. The standard InChI is InChI=1S/C15H25N5O/c1-4-7-12-17-14(16)11(2)15(18-12)19(3)10-13(21)20-8-5-6-9-20/h4-10H2,1-3H3,(H2,16,17,18). The molecular formula is C15H25N5O. The van der Waals surface area contributed by atoms with Crippen molar-refractivity contribution in [3.05, 3.63) is 11.4 Å². The van der Waals surface area contributed by atoms with E-state index in [1.807, 2.05) is 23.8 Å². The van der Waals surface area contributed by atoms with E-state index in [0.29, 0.717) is 12.4 Å². The average Bonchev–Trinajstić information content (AvgIpc) is 2.97. The number of nitrogen functional groups attached to an aromatic ring is 1. The van der Waals surface area contributed by atoms with Crippen LogP contribution in [0.1, 0.15) is 37.6 Å². The number of carbonyl (C=O) groups is 1. The summed E-state index contributed by atoms with van der Waals surface area (Å²) in [5.41, 5.74) is 6.81. The van der Waals surface area contributed by atoms with Gasteiger partial charge in [-0.15, -0.1) is 0 Å². The van der Waals surface area contributed by atoms with Crippen LogP contribution in [0.15, 0.2) is 0 Å². The number of likely N-dealkylation sites (tertiary alicyclic amines) is 1. The van der Waals surface area contributed by atoms with Gasteiger partial charge in [-0.2, -0.15) is 0 Å². The first-order valence-electron chi connectivity index (χ1n) is 7.64. The molecular weight excluding hydrogens is 266 g/mol. The number of hydrogen-bond acceptors (Lipinski definition) is 5. The van der Waals surface area contributed by atoms with Gasteiger partial charge in [0.2, 0.25) is 5.91 Å². The molecule has 6 heteroatoms. The van der Waals surface area contributed by atoms with Crippen molar-refractivity contribution in [1.29, 1.82) is 0 Å². The number of aromatic nitrogens is 2. The van der Waals surface area contributed by atoms with Crippen molar-refractivity contribution < 1.29 is 4.79 Å². The molecule has 2 heterocycles. The van der Waals surface area contributed by atoms with Gasteiger partial charge in [0.15, 0.2) is 0 Å². The number of nitrogens with two attached hydrogens (primary N) is 1. The van der Waals surface area contributed by atoms with E-state index < -0.39 is 0 Å². The van der Waals surface area contributed by atoms with Gasteiger partial charge in [0.1, 0.15) is 17.5 Å². The Hall–Kier alpha value is -1.85. The maximum absolute atomic E-state index is 12.2. The molecule has 116 valence electrons. The monoisotopic (exact) mass is 291 g/mol. The molecule has 0 atom stereocenters. The summed E-state index contributed by atoms with van der Waals surface area (Å²) in [6.07, 6.45) is 3.98. The number of amides is 1. The summed E-state index contributed by atoms with van der Waals surface area (Å²) in [6, 6.07) is 0. The molecule has 1 aromatic rings. The first kappa shape index (κ1) is 15.5. The Morgan fingerprint density at radius 1 is 1.33 bits per heavy atom. The Balaban J connectivity index is 2.13. The van der Waals surface area contributed by atoms with E-state index in [0.717, 1.165) is 56.0 Å². The zero-order chi connectivity index (χ0) is 15.4. The molecule has 0 bridgehead atoms. The van der Waals surface area contributed by atoms with Crippen LogP contribution < -0.4 is 10.6 Å². The highest BCUT2D eigenvalue weighted by molar-refractivity contribution is 5.81. The summed E-state index contributed by atoms with van der Waals surface area (Å²) in [6.45, 7) is 6.07. The molecule has 1 fully saturated rings. The van der Waals surface area contributed by atoms with Crippen molar-refractivity contribution in [2.24, 2.45) is 0 Å². The van der Waals surface area contributed by atoms with Crippen LogP contribution in [-0.4, -0.2) is 47.5 Å². The van der Waals surface area contributed by atoms with Crippen LogP contribution in [0.5, 0.6) is 0 Å². The Bertz CT molecular complexity index is 511. The molecule has 1 aromatic heterocycles. The van der Waals surface area contributed by atoms with Gasteiger partial charge >= 0.3 is 0 Å². The molecule has 2 N–H and O–H groups in total. The fourth-order valence-electron chi connectivity index (χ4n) is 2.62. The Kier molecular flexibility index (Phi) is 4.98. The van der Waals surface area contributed by atoms with Crippen LogP contribution >= 0.6 is 0 Å².